The summed E-state index contributed by atoms with van der Waals surface area (Å²) < 4.78 is 0. The van der Waals surface area contributed by atoms with E-state index >= 15 is 0 Å². The highest BCUT2D eigenvalue weighted by atomic mass is 32.2. The lowest BCUT2D eigenvalue weighted by atomic mass is 9.97. The maximum Gasteiger partial charge on any atom is 0.326 e. The minimum atomic E-state index is -1.20. The van der Waals surface area contributed by atoms with Crippen LogP contribution in [0.15, 0.2) is 12.5 Å². The Morgan fingerprint density at radius 1 is 1.09 bits per heavy atom. The lowest BCUT2D eigenvalue weighted by Crippen LogP contribution is -2.59. The molecular weight excluding hydrogens is 460 g/mol. The van der Waals surface area contributed by atoms with Crippen LogP contribution in [0.3, 0.4) is 0 Å². The van der Waals surface area contributed by atoms with Crippen LogP contribution < -0.4 is 21.7 Å². The largest absolute Gasteiger partial charge is 0.480 e. The number of imidazole rings is 1. The van der Waals surface area contributed by atoms with E-state index in [1.165, 1.54) is 24.3 Å². The molecule has 1 heterocycles. The Kier molecular flexibility index (Phi) is 12.7. The van der Waals surface area contributed by atoms with Gasteiger partial charge in [0, 0.05) is 18.3 Å². The Hall–Kier alpha value is -2.60. The highest BCUT2D eigenvalue weighted by Crippen LogP contribution is 2.11. The molecule has 0 saturated heterocycles. The van der Waals surface area contributed by atoms with E-state index in [1.54, 1.807) is 6.92 Å². The van der Waals surface area contributed by atoms with Crippen molar-refractivity contribution in [2.75, 3.05) is 12.0 Å². The normalized spacial score (nSPS) is 15.6. The van der Waals surface area contributed by atoms with Crippen molar-refractivity contribution in [2.45, 2.75) is 71.1 Å². The SMILES string of the molecule is CCC(C)C(NC(=O)C(CCSC)NC(=O)C(N)C(C)C)C(=O)NC(Cc1cnc[nH]1)C(=O)O. The topological polar surface area (TPSA) is 179 Å². The molecule has 1 rings (SSSR count). The zero-order chi connectivity index (χ0) is 25.8. The first-order valence-corrected chi connectivity index (χ1v) is 12.8. The summed E-state index contributed by atoms with van der Waals surface area (Å²) >= 11 is 1.52. The number of aliphatic carboxylic acids is 1. The second-order valence-corrected chi connectivity index (χ2v) is 9.65. The fourth-order valence-electron chi connectivity index (χ4n) is 3.11. The average molecular weight is 499 g/mol. The van der Waals surface area contributed by atoms with Crippen molar-refractivity contribution in [2.24, 2.45) is 17.6 Å². The molecule has 0 aromatic carbocycles. The molecule has 0 aliphatic carbocycles. The van der Waals surface area contributed by atoms with Gasteiger partial charge in [-0.3, -0.25) is 14.4 Å². The minimum Gasteiger partial charge on any atom is -0.480 e. The summed E-state index contributed by atoms with van der Waals surface area (Å²) in [6, 6.07) is -3.82. The predicted octanol–water partition coefficient (Wildman–Crippen LogP) is 0.274. The third-order valence-electron chi connectivity index (χ3n) is 5.65. The smallest absolute Gasteiger partial charge is 0.326 e. The van der Waals surface area contributed by atoms with Crippen LogP contribution in [0.5, 0.6) is 0 Å². The number of H-pyrrole nitrogens is 1. The fourth-order valence-corrected chi connectivity index (χ4v) is 3.58. The van der Waals surface area contributed by atoms with Gasteiger partial charge in [-0.1, -0.05) is 34.1 Å². The molecular formula is C22H38N6O5S. The Morgan fingerprint density at radius 2 is 1.74 bits per heavy atom. The number of aromatic amines is 1. The monoisotopic (exact) mass is 498 g/mol. The highest BCUT2D eigenvalue weighted by molar-refractivity contribution is 7.98. The molecule has 34 heavy (non-hydrogen) atoms. The van der Waals surface area contributed by atoms with Gasteiger partial charge >= 0.3 is 5.97 Å². The van der Waals surface area contributed by atoms with E-state index in [2.05, 4.69) is 25.9 Å². The molecule has 12 heteroatoms. The summed E-state index contributed by atoms with van der Waals surface area (Å²) in [6.07, 6.45) is 5.73. The number of carbonyl (C=O) groups is 4. The maximum atomic E-state index is 13.1. The molecule has 1 aromatic rings. The number of hydrogen-bond donors (Lipinski definition) is 6. The molecule has 3 amide bonds. The van der Waals surface area contributed by atoms with Crippen LogP contribution in [-0.4, -0.2) is 74.9 Å². The summed E-state index contributed by atoms with van der Waals surface area (Å²) in [7, 11) is 0. The average Bonchev–Trinajstić information content (AvgIpc) is 3.31. The van der Waals surface area contributed by atoms with Crippen LogP contribution in [0.4, 0.5) is 0 Å². The van der Waals surface area contributed by atoms with E-state index in [1.807, 2.05) is 27.0 Å². The molecule has 0 radical (unpaired) electrons. The van der Waals surface area contributed by atoms with Crippen LogP contribution in [0.2, 0.25) is 0 Å². The number of nitrogens with zero attached hydrogens (tertiary/aromatic N) is 1. The van der Waals surface area contributed by atoms with Crippen molar-refractivity contribution in [3.8, 4) is 0 Å². The Bertz CT molecular complexity index is 804. The van der Waals surface area contributed by atoms with E-state index in [0.717, 1.165) is 0 Å². The van der Waals surface area contributed by atoms with Gasteiger partial charge < -0.3 is 31.8 Å². The van der Waals surface area contributed by atoms with Crippen LogP contribution in [0, 0.1) is 11.8 Å². The minimum absolute atomic E-state index is 0.0156. The molecule has 192 valence electrons. The number of amides is 3. The van der Waals surface area contributed by atoms with Gasteiger partial charge in [0.1, 0.15) is 18.1 Å². The van der Waals surface area contributed by atoms with E-state index in [9.17, 15) is 24.3 Å². The first-order valence-electron chi connectivity index (χ1n) is 11.4. The van der Waals surface area contributed by atoms with Crippen molar-refractivity contribution in [1.82, 2.24) is 25.9 Å². The van der Waals surface area contributed by atoms with Gasteiger partial charge in [-0.15, -0.1) is 0 Å². The van der Waals surface area contributed by atoms with Gasteiger partial charge in [-0.25, -0.2) is 9.78 Å². The number of carbonyl (C=O) groups excluding carboxylic acids is 3. The first kappa shape index (κ1) is 29.4. The third kappa shape index (κ3) is 9.34. The van der Waals surface area contributed by atoms with E-state index in [0.29, 0.717) is 24.3 Å². The molecule has 0 saturated carbocycles. The Morgan fingerprint density at radius 3 is 2.24 bits per heavy atom. The second kappa shape index (κ2) is 14.6. The van der Waals surface area contributed by atoms with Gasteiger partial charge in [0.2, 0.25) is 17.7 Å². The zero-order valence-corrected chi connectivity index (χ0v) is 21.3. The van der Waals surface area contributed by atoms with Crippen molar-refractivity contribution in [1.29, 1.82) is 0 Å². The third-order valence-corrected chi connectivity index (χ3v) is 6.30. The second-order valence-electron chi connectivity index (χ2n) is 8.66. The number of hydrogen-bond acceptors (Lipinski definition) is 7. The van der Waals surface area contributed by atoms with Gasteiger partial charge in [-0.05, 0) is 30.3 Å². The van der Waals surface area contributed by atoms with Crippen LogP contribution in [0.25, 0.3) is 0 Å². The van der Waals surface area contributed by atoms with Crippen molar-refractivity contribution in [3.05, 3.63) is 18.2 Å². The van der Waals surface area contributed by atoms with E-state index in [-0.39, 0.29) is 18.3 Å². The first-order chi connectivity index (χ1) is 16.0. The predicted molar refractivity (Wildman–Crippen MR) is 131 cm³/mol. The van der Waals surface area contributed by atoms with Crippen molar-refractivity contribution >= 4 is 35.5 Å². The van der Waals surface area contributed by atoms with Gasteiger partial charge in [0.05, 0.1) is 12.4 Å². The van der Waals surface area contributed by atoms with Crippen LogP contribution in [0.1, 0.15) is 46.2 Å². The number of carboxylic acids is 1. The summed E-state index contributed by atoms with van der Waals surface area (Å²) in [5, 5.41) is 17.5. The number of nitrogens with two attached hydrogens (primary N) is 1. The molecule has 7 N–H and O–H groups in total. The van der Waals surface area contributed by atoms with E-state index < -0.39 is 47.9 Å². The quantitative estimate of drug-likeness (QED) is 0.199. The fraction of sp³-hybridized carbons (Fsp3) is 0.682. The summed E-state index contributed by atoms with van der Waals surface area (Å²) in [5.74, 6) is -2.54. The molecule has 0 aliphatic rings. The molecule has 0 fully saturated rings. The zero-order valence-electron chi connectivity index (χ0n) is 20.5. The summed E-state index contributed by atoms with van der Waals surface area (Å²) in [6.45, 7) is 7.28. The molecule has 0 aliphatic heterocycles. The van der Waals surface area contributed by atoms with Crippen LogP contribution >= 0.6 is 11.8 Å². The summed E-state index contributed by atoms with van der Waals surface area (Å²) in [4.78, 5) is 57.0. The van der Waals surface area contributed by atoms with Crippen molar-refractivity contribution < 1.29 is 24.3 Å². The van der Waals surface area contributed by atoms with Gasteiger partial charge in [0.25, 0.3) is 0 Å². The lowest BCUT2D eigenvalue weighted by Gasteiger charge is -2.28. The Labute approximate surface area is 204 Å². The molecule has 0 bridgehead atoms. The van der Waals surface area contributed by atoms with Crippen LogP contribution in [-0.2, 0) is 25.6 Å². The molecule has 5 atom stereocenters. The number of aromatic nitrogens is 2. The molecule has 1 aromatic heterocycles. The number of thioether (sulfide) groups is 1. The molecule has 11 nitrogen and oxygen atoms in total. The Balaban J connectivity index is 2.99. The lowest BCUT2D eigenvalue weighted by molar-refractivity contribution is -0.142. The van der Waals surface area contributed by atoms with Gasteiger partial charge in [0.15, 0.2) is 0 Å². The van der Waals surface area contributed by atoms with Crippen molar-refractivity contribution in [3.63, 3.8) is 0 Å². The standard InChI is InChI=1S/C22H38N6O5S/c1-6-13(4)18(21(31)27-16(22(32)33)9-14-10-24-11-25-14)28-19(29)15(7-8-34-5)26-20(30)17(23)12(2)3/h10-13,15-18H,6-9,23H2,1-5H3,(H,24,25)(H,26,30)(H,27,31)(H,28,29)(H,32,33). The number of rotatable bonds is 15. The summed E-state index contributed by atoms with van der Waals surface area (Å²) in [5.41, 5.74) is 6.47. The highest BCUT2D eigenvalue weighted by Gasteiger charge is 2.33. The molecule has 5 unspecified atom stereocenters. The maximum absolute atomic E-state index is 13.1. The number of nitrogens with one attached hydrogen (secondary N) is 4. The molecule has 0 spiro atoms. The van der Waals surface area contributed by atoms with Gasteiger partial charge in [-0.2, -0.15) is 11.8 Å². The van der Waals surface area contributed by atoms with E-state index in [4.69, 9.17) is 5.73 Å². The number of carboxylic acid groups (broad SMARTS) is 1.